The zero-order valence-electron chi connectivity index (χ0n) is 31.9. The number of aromatic nitrogens is 2. The van der Waals surface area contributed by atoms with Gasteiger partial charge in [0.15, 0.2) is 0 Å². The molecule has 0 bridgehead atoms. The topological polar surface area (TPSA) is 197 Å². The van der Waals surface area contributed by atoms with Gasteiger partial charge in [-0.15, -0.1) is 11.3 Å². The number of hydrogen-bond acceptors (Lipinski definition) is 10. The second-order valence-electron chi connectivity index (χ2n) is 16.2. The maximum atomic E-state index is 14.5. The van der Waals surface area contributed by atoms with Crippen LogP contribution in [0.25, 0.3) is 22.0 Å². The van der Waals surface area contributed by atoms with E-state index in [4.69, 9.17) is 9.72 Å². The fraction of sp³-hybridized carbons (Fsp3) is 0.500. The number of fused-ring (bicyclic) bond motifs is 2. The molecule has 4 N–H and O–H groups in total. The number of carboxylic acid groups (broad SMARTS) is 1. The monoisotopic (exact) mass is 804 g/mol. The molecule has 2 aromatic heterocycles. The van der Waals surface area contributed by atoms with Gasteiger partial charge in [-0.1, -0.05) is 55.8 Å². The largest absolute Gasteiger partial charge is 0.488 e. The molecule has 0 unspecified atom stereocenters. The Kier molecular flexibility index (Phi) is 10.7. The Balaban J connectivity index is 1.23. The number of sulfonamides is 1. The number of hydrogen-bond donors (Lipinski definition) is 4. The van der Waals surface area contributed by atoms with Crippen LogP contribution in [0.4, 0.5) is 4.79 Å². The number of allylic oxidation sites excluding steroid dienone is 1. The first kappa shape index (κ1) is 39.4. The van der Waals surface area contributed by atoms with Crippen LogP contribution in [0, 0.1) is 24.7 Å². The highest BCUT2D eigenvalue weighted by molar-refractivity contribution is 7.91. The van der Waals surface area contributed by atoms with E-state index < -0.39 is 74.1 Å². The molecule has 1 saturated heterocycles. The normalized spacial score (nSPS) is 28.8. The number of nitrogens with one attached hydrogen (secondary N) is 3. The molecular formula is C40H48N6O8S2. The van der Waals surface area contributed by atoms with Crippen LogP contribution in [0.1, 0.15) is 71.3 Å². The standard InChI is InChI=1S/C40H48N6O8S2/c1-23-9-11-26(12-10-23)30-18-28(19-31(42-30)35-41-15-16-55-35)54-29-20-32-34(47)44-40(37(49)45-56(52,53)39(4)13-14-39)21-27(40)8-6-5-7-24(2)17-25(3)33(43-38(50)51)36(48)46(32)22-29/h6,8-12,15-16,18-19,24-25,27,29,32-33,43H,5,7,13-14,17,20-22H2,1-4H3,(H,44,47)(H,45,49)(H,50,51)/t24-,25-,27-,29-,32+,33+,40-/m1/s1. The van der Waals surface area contributed by atoms with Crippen molar-refractivity contribution in [3.05, 3.63) is 65.7 Å². The van der Waals surface area contributed by atoms with Crippen LogP contribution in [-0.2, 0) is 24.4 Å². The van der Waals surface area contributed by atoms with Crippen molar-refractivity contribution in [3.8, 4) is 27.7 Å². The van der Waals surface area contributed by atoms with Gasteiger partial charge < -0.3 is 25.4 Å². The molecule has 0 radical (unpaired) electrons. The molecule has 2 aliphatic heterocycles. The highest BCUT2D eigenvalue weighted by Crippen LogP contribution is 2.47. The van der Waals surface area contributed by atoms with Crippen molar-refractivity contribution in [3.63, 3.8) is 0 Å². The van der Waals surface area contributed by atoms with Crippen molar-refractivity contribution in [1.29, 1.82) is 0 Å². The maximum absolute atomic E-state index is 14.5. The average Bonchev–Trinajstić information content (AvgIpc) is 3.89. The lowest BCUT2D eigenvalue weighted by molar-refractivity contribution is -0.142. The van der Waals surface area contributed by atoms with E-state index >= 15 is 0 Å². The summed E-state index contributed by atoms with van der Waals surface area (Å²) < 4.78 is 34.1. The summed E-state index contributed by atoms with van der Waals surface area (Å²) in [5.41, 5.74) is 1.61. The Labute approximate surface area is 330 Å². The number of aryl methyl sites for hydroxylation is 1. The molecule has 0 spiro atoms. The van der Waals surface area contributed by atoms with Crippen LogP contribution in [0.3, 0.4) is 0 Å². The number of pyridine rings is 1. The van der Waals surface area contributed by atoms with E-state index in [1.807, 2.05) is 62.6 Å². The average molecular weight is 805 g/mol. The Morgan fingerprint density at radius 1 is 1.09 bits per heavy atom. The van der Waals surface area contributed by atoms with Crippen LogP contribution >= 0.6 is 11.3 Å². The fourth-order valence-electron chi connectivity index (χ4n) is 7.83. The zero-order chi connectivity index (χ0) is 40.0. The van der Waals surface area contributed by atoms with Gasteiger partial charge in [0, 0.05) is 41.6 Å². The van der Waals surface area contributed by atoms with Gasteiger partial charge >= 0.3 is 6.09 Å². The molecule has 16 heteroatoms. The molecule has 14 nitrogen and oxygen atoms in total. The molecule has 4 heterocycles. The van der Waals surface area contributed by atoms with Gasteiger partial charge in [-0.25, -0.2) is 23.2 Å². The number of amides is 4. The third kappa shape index (κ3) is 8.17. The Morgan fingerprint density at radius 3 is 2.50 bits per heavy atom. The van der Waals surface area contributed by atoms with Gasteiger partial charge in [-0.3, -0.25) is 19.1 Å². The lowest BCUT2D eigenvalue weighted by Crippen LogP contribution is -2.59. The SMILES string of the molecule is Cc1ccc(-c2cc(O[C@@H]3C[C@H]4C(=O)N[C@]5(C(=O)NS(=O)(=O)C6(C)CC6)C[C@H]5C=CCC[C@@H](C)C[C@@H](C)[C@H](NC(=O)O)C(=O)N4C3)cc(-c3nccs3)n2)cc1. The lowest BCUT2D eigenvalue weighted by Gasteiger charge is -2.32. The highest BCUT2D eigenvalue weighted by Gasteiger charge is 2.63. The quantitative estimate of drug-likeness (QED) is 0.224. The van der Waals surface area contributed by atoms with E-state index in [9.17, 15) is 32.7 Å². The lowest BCUT2D eigenvalue weighted by atomic mass is 9.88. The smallest absolute Gasteiger partial charge is 0.405 e. The first-order valence-electron chi connectivity index (χ1n) is 19.1. The van der Waals surface area contributed by atoms with E-state index in [1.54, 1.807) is 25.3 Å². The highest BCUT2D eigenvalue weighted by atomic mass is 32.2. The molecule has 3 fully saturated rings. The molecule has 3 aromatic rings. The van der Waals surface area contributed by atoms with Crippen LogP contribution in [0.2, 0.25) is 0 Å². The van der Waals surface area contributed by atoms with Crippen molar-refractivity contribution in [2.45, 2.75) is 101 Å². The summed E-state index contributed by atoms with van der Waals surface area (Å²) in [6, 6.07) is 9.12. The summed E-state index contributed by atoms with van der Waals surface area (Å²) in [6.45, 7) is 7.38. The Bertz CT molecular complexity index is 2140. The first-order valence-corrected chi connectivity index (χ1v) is 21.4. The van der Waals surface area contributed by atoms with Gasteiger partial charge in [0.05, 0.1) is 17.0 Å². The van der Waals surface area contributed by atoms with Crippen molar-refractivity contribution in [1.82, 2.24) is 30.2 Å². The minimum absolute atomic E-state index is 0.0193. The number of benzene rings is 1. The van der Waals surface area contributed by atoms with Crippen LogP contribution < -0.4 is 20.1 Å². The van der Waals surface area contributed by atoms with Gasteiger partial charge in [0.1, 0.15) is 40.2 Å². The Morgan fingerprint density at radius 2 is 1.82 bits per heavy atom. The number of nitrogens with zero attached hydrogens (tertiary/aromatic N) is 3. The van der Waals surface area contributed by atoms with Gasteiger partial charge in [-0.05, 0) is 64.2 Å². The molecule has 56 heavy (non-hydrogen) atoms. The molecule has 7 rings (SSSR count). The van der Waals surface area contributed by atoms with E-state index in [1.165, 1.54) is 16.2 Å². The summed E-state index contributed by atoms with van der Waals surface area (Å²) in [5, 5.41) is 17.7. The summed E-state index contributed by atoms with van der Waals surface area (Å²) >= 11 is 1.42. The first-order chi connectivity index (χ1) is 26.6. The van der Waals surface area contributed by atoms with Gasteiger partial charge in [0.25, 0.3) is 5.91 Å². The number of carbonyl (C=O) groups excluding carboxylic acids is 3. The predicted molar refractivity (Wildman–Crippen MR) is 210 cm³/mol. The second kappa shape index (κ2) is 15.3. The minimum atomic E-state index is -4.01. The third-order valence-corrected chi connectivity index (χ3v) is 14.6. The van der Waals surface area contributed by atoms with Gasteiger partial charge in [0.2, 0.25) is 21.8 Å². The molecular weight excluding hydrogens is 757 g/mol. The van der Waals surface area contributed by atoms with E-state index in [2.05, 4.69) is 20.3 Å². The van der Waals surface area contributed by atoms with E-state index in [0.717, 1.165) is 17.5 Å². The van der Waals surface area contributed by atoms with Crippen LogP contribution in [0.15, 0.2) is 60.1 Å². The summed E-state index contributed by atoms with van der Waals surface area (Å²) in [7, 11) is -4.01. The summed E-state index contributed by atoms with van der Waals surface area (Å²) in [6.07, 6.45) is 6.37. The zero-order valence-corrected chi connectivity index (χ0v) is 33.5. The Hall–Kier alpha value is -4.83. The van der Waals surface area contributed by atoms with Crippen molar-refractivity contribution >= 4 is 45.2 Å². The molecule has 7 atom stereocenters. The maximum Gasteiger partial charge on any atom is 0.405 e. The summed E-state index contributed by atoms with van der Waals surface area (Å²) in [4.78, 5) is 65.6. The van der Waals surface area contributed by atoms with Crippen molar-refractivity contribution in [2.75, 3.05) is 6.54 Å². The number of ether oxygens (including phenoxy) is 1. The molecule has 1 aromatic carbocycles. The van der Waals surface area contributed by atoms with Crippen molar-refractivity contribution in [2.24, 2.45) is 17.8 Å². The van der Waals surface area contributed by atoms with Crippen LogP contribution in [-0.4, -0.2) is 87.2 Å². The predicted octanol–water partition coefficient (Wildman–Crippen LogP) is 5.05. The van der Waals surface area contributed by atoms with Crippen LogP contribution in [0.5, 0.6) is 5.75 Å². The fourth-order valence-corrected chi connectivity index (χ4v) is 9.74. The third-order valence-electron chi connectivity index (χ3n) is 11.6. The summed E-state index contributed by atoms with van der Waals surface area (Å²) in [5.74, 6) is -2.38. The molecule has 2 aliphatic carbocycles. The van der Waals surface area contributed by atoms with E-state index in [0.29, 0.717) is 47.8 Å². The number of rotatable bonds is 8. The molecule has 298 valence electrons. The molecule has 4 amide bonds. The molecule has 4 aliphatic rings. The number of carbonyl (C=O) groups is 4. The molecule has 2 saturated carbocycles. The van der Waals surface area contributed by atoms with Gasteiger partial charge in [-0.2, -0.15) is 0 Å². The second-order valence-corrected chi connectivity index (χ2v) is 19.3. The van der Waals surface area contributed by atoms with E-state index in [-0.39, 0.29) is 25.3 Å². The van der Waals surface area contributed by atoms with Crippen molar-refractivity contribution < 1.29 is 37.4 Å². The minimum Gasteiger partial charge on any atom is -0.488 e. The number of thiazole rings is 1.